The molecule has 0 heterocycles. The van der Waals surface area contributed by atoms with Crippen molar-refractivity contribution in [2.75, 3.05) is 19.8 Å². The highest BCUT2D eigenvalue weighted by molar-refractivity contribution is 8.38. The van der Waals surface area contributed by atoms with Gasteiger partial charge in [-0.1, -0.05) is 0 Å². The van der Waals surface area contributed by atoms with Crippen LogP contribution in [-0.4, -0.2) is 41.1 Å². The van der Waals surface area contributed by atoms with Crippen LogP contribution >= 0.6 is 31.8 Å². The van der Waals surface area contributed by atoms with E-state index in [1.165, 1.54) is 0 Å². The first-order chi connectivity index (χ1) is 6.31. The highest BCUT2D eigenvalue weighted by Gasteiger charge is 2.30. The Hall–Kier alpha value is 0.760. The minimum atomic E-state index is 0.0787. The molecule has 0 aromatic rings. The van der Waals surface area contributed by atoms with Gasteiger partial charge in [0.2, 0.25) is 0 Å². The van der Waals surface area contributed by atoms with Gasteiger partial charge in [0, 0.05) is 10.5 Å². The van der Waals surface area contributed by atoms with Crippen LogP contribution in [0.2, 0.25) is 0 Å². The lowest BCUT2D eigenvalue weighted by Crippen LogP contribution is -2.40. The molecular weight excluding hydrogens is 233 g/mol. The fraction of sp³-hybridized carbons (Fsp3) is 0.889. The van der Waals surface area contributed by atoms with Crippen LogP contribution in [0.15, 0.2) is 0 Å². The Labute approximate surface area is 98.5 Å². The van der Waals surface area contributed by atoms with Crippen molar-refractivity contribution < 1.29 is 4.79 Å². The molecule has 2 atom stereocenters. The highest BCUT2D eigenvalue weighted by atomic mass is 32.7. The maximum Gasteiger partial charge on any atom is 0.139 e. The van der Waals surface area contributed by atoms with Crippen molar-refractivity contribution in [1.29, 1.82) is 0 Å². The SMILES string of the molecule is CC(=O)CSC(C)(C)C(PS)N(C)C. The molecule has 0 saturated carbocycles. The van der Waals surface area contributed by atoms with Crippen molar-refractivity contribution in [2.24, 2.45) is 0 Å². The predicted octanol–water partition coefficient (Wildman–Crippen LogP) is 2.50. The van der Waals surface area contributed by atoms with Crippen molar-refractivity contribution in [2.45, 2.75) is 31.3 Å². The van der Waals surface area contributed by atoms with Crippen LogP contribution in [0.1, 0.15) is 20.8 Å². The second kappa shape index (κ2) is 6.37. The van der Waals surface area contributed by atoms with Gasteiger partial charge in [-0.3, -0.25) is 4.79 Å². The first-order valence-corrected chi connectivity index (χ1v) is 7.86. The second-order valence-electron chi connectivity index (χ2n) is 4.09. The van der Waals surface area contributed by atoms with Gasteiger partial charge in [0.1, 0.15) is 5.78 Å². The Morgan fingerprint density at radius 2 is 2.07 bits per heavy atom. The van der Waals surface area contributed by atoms with Crippen LogP contribution in [0.25, 0.3) is 0 Å². The Morgan fingerprint density at radius 3 is 2.36 bits per heavy atom. The molecule has 5 heteroatoms. The third-order valence-electron chi connectivity index (χ3n) is 1.94. The lowest BCUT2D eigenvalue weighted by atomic mass is 10.2. The Balaban J connectivity index is 4.32. The molecule has 0 N–H and O–H groups in total. The van der Waals surface area contributed by atoms with Gasteiger partial charge in [-0.2, -0.15) is 12.2 Å². The smallest absolute Gasteiger partial charge is 0.139 e. The maximum absolute atomic E-state index is 10.9. The zero-order valence-electron chi connectivity index (χ0n) is 9.50. The molecule has 0 amide bonds. The lowest BCUT2D eigenvalue weighted by Gasteiger charge is -2.37. The first kappa shape index (κ1) is 14.8. The van der Waals surface area contributed by atoms with Crippen molar-refractivity contribution >= 4 is 37.6 Å². The van der Waals surface area contributed by atoms with Gasteiger partial charge in [-0.15, -0.1) is 11.8 Å². The van der Waals surface area contributed by atoms with Gasteiger partial charge in [0.05, 0.1) is 5.75 Å². The molecule has 0 aliphatic heterocycles. The molecule has 0 bridgehead atoms. The van der Waals surface area contributed by atoms with Crippen LogP contribution in [0.3, 0.4) is 0 Å². The van der Waals surface area contributed by atoms with Crippen molar-refractivity contribution in [3.8, 4) is 0 Å². The number of thiol groups is 1. The van der Waals surface area contributed by atoms with Gasteiger partial charge in [0.15, 0.2) is 0 Å². The van der Waals surface area contributed by atoms with E-state index in [0.29, 0.717) is 19.3 Å². The molecule has 84 valence electrons. The van der Waals surface area contributed by atoms with Crippen molar-refractivity contribution in [3.63, 3.8) is 0 Å². The number of hydrogen-bond donors (Lipinski definition) is 1. The lowest BCUT2D eigenvalue weighted by molar-refractivity contribution is -0.114. The summed E-state index contributed by atoms with van der Waals surface area (Å²) in [5, 5.41) is 0. The molecule has 0 radical (unpaired) electrons. The summed E-state index contributed by atoms with van der Waals surface area (Å²) in [4.78, 5) is 13.1. The van der Waals surface area contributed by atoms with Gasteiger partial charge < -0.3 is 4.90 Å². The second-order valence-corrected chi connectivity index (χ2v) is 7.30. The summed E-state index contributed by atoms with van der Waals surface area (Å²) in [6, 6.07) is 0. The van der Waals surface area contributed by atoms with E-state index in [4.69, 9.17) is 0 Å². The van der Waals surface area contributed by atoms with Crippen LogP contribution in [0.4, 0.5) is 0 Å². The van der Waals surface area contributed by atoms with Crippen molar-refractivity contribution in [1.82, 2.24) is 4.90 Å². The molecule has 0 spiro atoms. The topological polar surface area (TPSA) is 20.3 Å². The minimum Gasteiger partial charge on any atom is -0.301 e. The molecule has 14 heavy (non-hydrogen) atoms. The molecule has 2 unspecified atom stereocenters. The Bertz CT molecular complexity index is 197. The van der Waals surface area contributed by atoms with Gasteiger partial charge in [0.25, 0.3) is 0 Å². The molecule has 0 aliphatic rings. The Kier molecular flexibility index (Phi) is 6.71. The zero-order valence-corrected chi connectivity index (χ0v) is 12.2. The Morgan fingerprint density at radius 1 is 1.57 bits per heavy atom. The summed E-state index contributed by atoms with van der Waals surface area (Å²) in [7, 11) is 4.69. The molecule has 0 aliphatic carbocycles. The van der Waals surface area contributed by atoms with Crippen LogP contribution in [0.5, 0.6) is 0 Å². The normalized spacial score (nSPS) is 15.4. The van der Waals surface area contributed by atoms with Gasteiger partial charge in [-0.25, -0.2) is 0 Å². The summed E-state index contributed by atoms with van der Waals surface area (Å²) < 4.78 is 0.0787. The number of carbonyl (C=O) groups is 1. The fourth-order valence-corrected chi connectivity index (χ4v) is 5.09. The minimum absolute atomic E-state index is 0.0787. The number of rotatable bonds is 6. The number of hydrogen-bond acceptors (Lipinski definition) is 4. The number of carbonyl (C=O) groups excluding carboxylic acids is 1. The molecule has 0 fully saturated rings. The number of nitrogens with zero attached hydrogens (tertiary/aromatic N) is 1. The average molecular weight is 253 g/mol. The summed E-state index contributed by atoms with van der Waals surface area (Å²) >= 11 is 6.10. The molecule has 0 aromatic heterocycles. The molecule has 0 rings (SSSR count). The van der Waals surface area contributed by atoms with E-state index in [9.17, 15) is 4.79 Å². The monoisotopic (exact) mass is 253 g/mol. The quantitative estimate of drug-likeness (QED) is 0.580. The van der Waals surface area contributed by atoms with Crippen LogP contribution in [-0.2, 0) is 4.79 Å². The summed E-state index contributed by atoms with van der Waals surface area (Å²) in [6.45, 7) is 5.99. The van der Waals surface area contributed by atoms with Crippen molar-refractivity contribution in [3.05, 3.63) is 0 Å². The van der Waals surface area contributed by atoms with E-state index in [1.807, 2.05) is 0 Å². The van der Waals surface area contributed by atoms with E-state index in [2.05, 4.69) is 45.1 Å². The number of thioether (sulfide) groups is 1. The standard InChI is InChI=1S/C9H20NOPS2/c1-7(11)6-14-9(2,3)8(12-13)10(4)5/h8,12-13H,6H2,1-5H3. The maximum atomic E-state index is 10.9. The van der Waals surface area contributed by atoms with E-state index >= 15 is 0 Å². The number of Topliss-reactive ketones (excluding diaryl/α,β-unsaturated/α-hetero) is 1. The first-order valence-electron chi connectivity index (χ1n) is 4.50. The predicted molar refractivity (Wildman–Crippen MR) is 72.0 cm³/mol. The van der Waals surface area contributed by atoms with E-state index < -0.39 is 0 Å². The van der Waals surface area contributed by atoms with Crippen LogP contribution in [0, 0.1) is 0 Å². The average Bonchev–Trinajstić information content (AvgIpc) is 2.01. The molecule has 0 saturated heterocycles. The van der Waals surface area contributed by atoms with Gasteiger partial charge in [-0.05, 0) is 42.6 Å². The molecule has 2 nitrogen and oxygen atoms in total. The third-order valence-corrected chi connectivity index (χ3v) is 5.89. The van der Waals surface area contributed by atoms with E-state index in [0.717, 1.165) is 0 Å². The largest absolute Gasteiger partial charge is 0.301 e. The van der Waals surface area contributed by atoms with E-state index in [1.54, 1.807) is 18.7 Å². The van der Waals surface area contributed by atoms with Crippen LogP contribution < -0.4 is 0 Å². The number of ketones is 1. The van der Waals surface area contributed by atoms with E-state index in [-0.39, 0.29) is 10.5 Å². The summed E-state index contributed by atoms with van der Waals surface area (Å²) in [5.74, 6) is 1.24. The molecule has 0 aromatic carbocycles. The summed E-state index contributed by atoms with van der Waals surface area (Å²) in [6.07, 6.45) is 0. The van der Waals surface area contributed by atoms with Gasteiger partial charge >= 0.3 is 0 Å². The third kappa shape index (κ3) is 5.01. The highest BCUT2D eigenvalue weighted by Crippen LogP contribution is 2.41. The zero-order chi connectivity index (χ0) is 11.4. The molecular formula is C9H20NOPS2. The summed E-state index contributed by atoms with van der Waals surface area (Å²) in [5.41, 5.74) is 0. The fourth-order valence-electron chi connectivity index (χ4n) is 1.26.